The minimum atomic E-state index is -4.30. The quantitative estimate of drug-likeness (QED) is 0.358. The van der Waals surface area contributed by atoms with E-state index in [9.17, 15) is 22.7 Å². The molecule has 156 valence electrons. The maximum absolute atomic E-state index is 14.2. The summed E-state index contributed by atoms with van der Waals surface area (Å²) in [6.45, 7) is 1.81. The van der Waals surface area contributed by atoms with Crippen LogP contribution >= 0.6 is 0 Å². The summed E-state index contributed by atoms with van der Waals surface area (Å²) in [6.07, 6.45) is 0. The number of fused-ring (bicyclic) bond motifs is 1. The maximum atomic E-state index is 14.2. The third-order valence-electron chi connectivity index (χ3n) is 4.77. The molecule has 31 heavy (non-hydrogen) atoms. The van der Waals surface area contributed by atoms with Crippen LogP contribution in [-0.4, -0.2) is 30.0 Å². The number of carbonyl (C=O) groups excluding carboxylic acids is 1. The second-order valence-electron chi connectivity index (χ2n) is 6.93. The first-order valence-electron chi connectivity index (χ1n) is 9.29. The fourth-order valence-corrected chi connectivity index (χ4v) is 4.15. The molecule has 0 amide bonds. The van der Waals surface area contributed by atoms with E-state index in [1.807, 2.05) is 0 Å². The Balaban J connectivity index is 1.96. The number of aromatic amines is 1. The molecule has 4 aromatic rings. The van der Waals surface area contributed by atoms with Gasteiger partial charge in [0.15, 0.2) is 11.5 Å². The molecule has 1 heterocycles. The zero-order chi connectivity index (χ0) is 22.2. The molecule has 0 aliphatic carbocycles. The number of hydrogen-bond acceptors (Lipinski definition) is 4. The van der Waals surface area contributed by atoms with Crippen LogP contribution in [0, 0.1) is 12.7 Å². The number of rotatable bonds is 5. The van der Waals surface area contributed by atoms with Gasteiger partial charge in [-0.15, -0.1) is 0 Å². The van der Waals surface area contributed by atoms with Gasteiger partial charge in [-0.2, -0.15) is 12.8 Å². The van der Waals surface area contributed by atoms with Crippen molar-refractivity contribution in [1.82, 2.24) is 4.98 Å². The van der Waals surface area contributed by atoms with Gasteiger partial charge in [0, 0.05) is 10.9 Å². The number of carbonyl (C=O) groups is 1. The fraction of sp³-hybridized carbons (Fsp3) is 0.0435. The van der Waals surface area contributed by atoms with Crippen LogP contribution in [0.1, 0.15) is 21.6 Å². The third-order valence-corrected chi connectivity index (χ3v) is 6.06. The Labute approximate surface area is 177 Å². The van der Waals surface area contributed by atoms with Gasteiger partial charge in [-0.3, -0.25) is 4.79 Å². The number of aryl methyl sites for hydroxylation is 1. The van der Waals surface area contributed by atoms with Crippen LogP contribution in [0.4, 0.5) is 4.39 Å². The lowest BCUT2D eigenvalue weighted by atomic mass is 10.0. The zero-order valence-corrected chi connectivity index (χ0v) is 17.2. The van der Waals surface area contributed by atoms with Crippen molar-refractivity contribution in [3.05, 3.63) is 95.4 Å². The van der Waals surface area contributed by atoms with Crippen LogP contribution in [-0.2, 0) is 10.0 Å². The fourth-order valence-electron chi connectivity index (χ4n) is 3.15. The number of nitrogens with one attached hydrogen (secondary N) is 1. The Morgan fingerprint density at radius 2 is 1.65 bits per heavy atom. The number of aromatic hydroxyl groups is 1. The molecule has 4 rings (SSSR count). The molecule has 8 heteroatoms. The van der Waals surface area contributed by atoms with E-state index in [1.165, 1.54) is 42.5 Å². The second-order valence-corrected chi connectivity index (χ2v) is 8.54. The SMILES string of the molecule is Cc1ccc(S(=O)(=O)/N=C(/C(=O)c2ccccc2)c2[nH]c3c(F)cccc3c2O)cc1. The van der Waals surface area contributed by atoms with E-state index in [-0.39, 0.29) is 27.1 Å². The van der Waals surface area contributed by atoms with Gasteiger partial charge in [0.2, 0.25) is 5.78 Å². The molecule has 0 atom stereocenters. The molecule has 0 bridgehead atoms. The molecule has 0 fully saturated rings. The summed E-state index contributed by atoms with van der Waals surface area (Å²) in [5, 5.41) is 10.8. The molecule has 6 nitrogen and oxygen atoms in total. The zero-order valence-electron chi connectivity index (χ0n) is 16.3. The van der Waals surface area contributed by atoms with Gasteiger partial charge in [-0.05, 0) is 31.2 Å². The van der Waals surface area contributed by atoms with Crippen LogP contribution < -0.4 is 0 Å². The van der Waals surface area contributed by atoms with Crippen molar-refractivity contribution in [2.24, 2.45) is 4.40 Å². The van der Waals surface area contributed by atoms with Gasteiger partial charge >= 0.3 is 0 Å². The Hall–Kier alpha value is -3.78. The van der Waals surface area contributed by atoms with Crippen LogP contribution in [0.2, 0.25) is 0 Å². The molecule has 0 saturated heterocycles. The van der Waals surface area contributed by atoms with Crippen molar-refractivity contribution >= 4 is 32.4 Å². The molecule has 2 N–H and O–H groups in total. The predicted octanol–water partition coefficient (Wildman–Crippen LogP) is 4.38. The topological polar surface area (TPSA) is 99.6 Å². The molecule has 0 unspecified atom stereocenters. The number of sulfonamides is 1. The summed E-state index contributed by atoms with van der Waals surface area (Å²) in [4.78, 5) is 15.7. The highest BCUT2D eigenvalue weighted by Crippen LogP contribution is 2.32. The molecule has 1 aromatic heterocycles. The highest BCUT2D eigenvalue weighted by Gasteiger charge is 2.27. The molecule has 0 aliphatic rings. The molecule has 0 aliphatic heterocycles. The van der Waals surface area contributed by atoms with Gasteiger partial charge in [-0.25, -0.2) is 4.39 Å². The number of nitrogens with zero attached hydrogens (tertiary/aromatic N) is 1. The minimum Gasteiger partial charge on any atom is -0.505 e. The van der Waals surface area contributed by atoms with Crippen molar-refractivity contribution < 1.29 is 22.7 Å². The molecular weight excluding hydrogens is 419 g/mol. The van der Waals surface area contributed by atoms with E-state index in [4.69, 9.17) is 0 Å². The van der Waals surface area contributed by atoms with Gasteiger partial charge in [0.05, 0.1) is 10.4 Å². The van der Waals surface area contributed by atoms with E-state index in [0.29, 0.717) is 0 Å². The summed E-state index contributed by atoms with van der Waals surface area (Å²) >= 11 is 0. The maximum Gasteiger partial charge on any atom is 0.283 e. The second kappa shape index (κ2) is 7.81. The number of hydrogen-bond donors (Lipinski definition) is 2. The summed E-state index contributed by atoms with van der Waals surface area (Å²) in [7, 11) is -4.30. The lowest BCUT2D eigenvalue weighted by molar-refractivity contribution is 0.106. The van der Waals surface area contributed by atoms with Crippen molar-refractivity contribution in [1.29, 1.82) is 0 Å². The first-order chi connectivity index (χ1) is 14.8. The monoisotopic (exact) mass is 436 g/mol. The van der Waals surface area contributed by atoms with E-state index < -0.39 is 33.1 Å². The third kappa shape index (κ3) is 3.85. The van der Waals surface area contributed by atoms with Crippen molar-refractivity contribution in [2.75, 3.05) is 0 Å². The van der Waals surface area contributed by atoms with Gasteiger partial charge in [0.25, 0.3) is 10.0 Å². The van der Waals surface area contributed by atoms with Crippen molar-refractivity contribution in [3.63, 3.8) is 0 Å². The lowest BCUT2D eigenvalue weighted by Crippen LogP contribution is -2.19. The average Bonchev–Trinajstić information content (AvgIpc) is 3.10. The van der Waals surface area contributed by atoms with Gasteiger partial charge in [0.1, 0.15) is 11.5 Å². The van der Waals surface area contributed by atoms with Crippen molar-refractivity contribution in [3.8, 4) is 5.75 Å². The number of aromatic nitrogens is 1. The Morgan fingerprint density at radius 1 is 0.968 bits per heavy atom. The number of Topliss-reactive ketones (excluding diaryl/α,β-unsaturated/α-hetero) is 1. The van der Waals surface area contributed by atoms with Crippen LogP contribution in [0.15, 0.2) is 82.1 Å². The van der Waals surface area contributed by atoms with E-state index in [2.05, 4.69) is 9.38 Å². The highest BCUT2D eigenvalue weighted by molar-refractivity contribution is 7.90. The van der Waals surface area contributed by atoms with Crippen molar-refractivity contribution in [2.45, 2.75) is 11.8 Å². The first kappa shape index (κ1) is 20.5. The Bertz CT molecular complexity index is 1420. The summed E-state index contributed by atoms with van der Waals surface area (Å²) in [6, 6.07) is 17.9. The molecule has 0 spiro atoms. The molecule has 0 saturated carbocycles. The van der Waals surface area contributed by atoms with E-state index in [1.54, 1.807) is 37.3 Å². The molecular formula is C23H17FN2O4S. The largest absolute Gasteiger partial charge is 0.505 e. The number of halogens is 1. The Morgan fingerprint density at radius 3 is 2.29 bits per heavy atom. The number of benzene rings is 3. The lowest BCUT2D eigenvalue weighted by Gasteiger charge is -2.07. The molecule has 0 radical (unpaired) electrons. The summed E-state index contributed by atoms with van der Waals surface area (Å²) in [5.41, 5.74) is 0.145. The number of ketones is 1. The van der Waals surface area contributed by atoms with Gasteiger partial charge in [-0.1, -0.05) is 54.1 Å². The Kier molecular flexibility index (Phi) is 5.16. The predicted molar refractivity (Wildman–Crippen MR) is 116 cm³/mol. The summed E-state index contributed by atoms with van der Waals surface area (Å²) in [5.74, 6) is -1.86. The molecule has 3 aromatic carbocycles. The van der Waals surface area contributed by atoms with E-state index >= 15 is 0 Å². The normalized spacial score (nSPS) is 12.3. The minimum absolute atomic E-state index is 0.0590. The number of H-pyrrole nitrogens is 1. The standard InChI is InChI=1S/C23H17FN2O4S/c1-14-10-12-16(13-11-14)31(29,30)26-21(22(27)15-6-3-2-4-7-15)20-23(28)17-8-5-9-18(24)19(17)25-20/h2-13,25,28H,1H3/b26-21+. The summed E-state index contributed by atoms with van der Waals surface area (Å²) < 4.78 is 43.9. The van der Waals surface area contributed by atoms with Crippen LogP contribution in [0.5, 0.6) is 5.75 Å². The average molecular weight is 436 g/mol. The highest BCUT2D eigenvalue weighted by atomic mass is 32.2. The van der Waals surface area contributed by atoms with E-state index in [0.717, 1.165) is 5.56 Å². The smallest absolute Gasteiger partial charge is 0.283 e. The van der Waals surface area contributed by atoms with Crippen LogP contribution in [0.25, 0.3) is 10.9 Å². The first-order valence-corrected chi connectivity index (χ1v) is 10.7. The van der Waals surface area contributed by atoms with Gasteiger partial charge < -0.3 is 10.1 Å². The van der Waals surface area contributed by atoms with Crippen LogP contribution in [0.3, 0.4) is 0 Å². The number of para-hydroxylation sites is 1.